The highest BCUT2D eigenvalue weighted by Crippen LogP contribution is 2.31. The quantitative estimate of drug-likeness (QED) is 0.643. The average molecular weight is 482 g/mol. The van der Waals surface area contributed by atoms with Gasteiger partial charge in [-0.1, -0.05) is 6.92 Å². The molecular formula is C21H27N3O6S2. The minimum absolute atomic E-state index is 0.0398. The first-order valence-electron chi connectivity index (χ1n) is 10.5. The Morgan fingerprint density at radius 1 is 1.22 bits per heavy atom. The summed E-state index contributed by atoms with van der Waals surface area (Å²) in [5.41, 5.74) is 0.509. The van der Waals surface area contributed by atoms with Crippen LogP contribution in [0.1, 0.15) is 37.1 Å². The van der Waals surface area contributed by atoms with Crippen molar-refractivity contribution in [3.63, 3.8) is 0 Å². The van der Waals surface area contributed by atoms with Crippen molar-refractivity contribution < 1.29 is 26.0 Å². The van der Waals surface area contributed by atoms with Crippen LogP contribution in [0.25, 0.3) is 0 Å². The van der Waals surface area contributed by atoms with Gasteiger partial charge in [0.1, 0.15) is 5.76 Å². The maximum atomic E-state index is 13.1. The number of carbonyl (C=O) groups is 1. The molecule has 2 aromatic rings. The maximum Gasteiger partial charge on any atom is 0.244 e. The first-order valence-corrected chi connectivity index (χ1v) is 13.6. The van der Waals surface area contributed by atoms with Crippen LogP contribution in [-0.4, -0.2) is 53.0 Å². The molecule has 1 aromatic heterocycles. The number of furan rings is 1. The van der Waals surface area contributed by atoms with Crippen LogP contribution in [-0.2, 0) is 24.8 Å². The van der Waals surface area contributed by atoms with Gasteiger partial charge in [-0.2, -0.15) is 0 Å². The van der Waals surface area contributed by atoms with E-state index in [-0.39, 0.29) is 28.9 Å². The summed E-state index contributed by atoms with van der Waals surface area (Å²) < 4.78 is 59.8. The molecule has 1 N–H and O–H groups in total. The number of benzene rings is 1. The van der Waals surface area contributed by atoms with E-state index in [4.69, 9.17) is 4.42 Å². The monoisotopic (exact) mass is 481 g/mol. The van der Waals surface area contributed by atoms with Gasteiger partial charge in [0, 0.05) is 6.54 Å². The van der Waals surface area contributed by atoms with Crippen molar-refractivity contribution >= 4 is 31.6 Å². The molecule has 1 aromatic carbocycles. The average Bonchev–Trinajstić information content (AvgIpc) is 3.45. The summed E-state index contributed by atoms with van der Waals surface area (Å²) in [6.45, 7) is 5.03. The molecule has 4 rings (SSSR count). The van der Waals surface area contributed by atoms with Gasteiger partial charge in [-0.05, 0) is 68.8 Å². The minimum atomic E-state index is -3.87. The molecule has 2 atom stereocenters. The highest BCUT2D eigenvalue weighted by molar-refractivity contribution is 7.94. The number of hydrogen-bond acceptors (Lipinski definition) is 7. The van der Waals surface area contributed by atoms with Gasteiger partial charge >= 0.3 is 0 Å². The van der Waals surface area contributed by atoms with E-state index in [1.165, 1.54) is 18.2 Å². The van der Waals surface area contributed by atoms with Crippen molar-refractivity contribution in [3.05, 3.63) is 47.9 Å². The van der Waals surface area contributed by atoms with Crippen molar-refractivity contribution in [2.45, 2.75) is 37.6 Å². The highest BCUT2D eigenvalue weighted by atomic mass is 32.2. The SMILES string of the molecule is Cc1cc(N2C(=O)C(C)CS2(=O)=O)ccc1S(=O)(=O)NCC(c1ccco1)N1CCCC1. The van der Waals surface area contributed by atoms with Gasteiger partial charge in [-0.15, -0.1) is 0 Å². The Hall–Kier alpha value is -2.21. The fourth-order valence-electron chi connectivity index (χ4n) is 4.36. The second-order valence-corrected chi connectivity index (χ2v) is 12.0. The molecule has 3 heterocycles. The summed E-state index contributed by atoms with van der Waals surface area (Å²) in [5.74, 6) is -0.690. The van der Waals surface area contributed by atoms with Crippen molar-refractivity contribution in [1.29, 1.82) is 0 Å². The normalized spacial score (nSPS) is 22.5. The number of carbonyl (C=O) groups excluding carboxylic acids is 1. The van der Waals surface area contributed by atoms with Crippen LogP contribution in [0.3, 0.4) is 0 Å². The van der Waals surface area contributed by atoms with E-state index in [9.17, 15) is 21.6 Å². The van der Waals surface area contributed by atoms with Gasteiger partial charge in [0.15, 0.2) is 0 Å². The van der Waals surface area contributed by atoms with Crippen LogP contribution in [0.5, 0.6) is 0 Å². The number of sulfonamides is 2. The molecular weight excluding hydrogens is 454 g/mol. The Balaban J connectivity index is 1.56. The summed E-state index contributed by atoms with van der Waals surface area (Å²) in [6, 6.07) is 7.54. The second-order valence-electron chi connectivity index (χ2n) is 8.36. The first kappa shape index (κ1) is 23.0. The smallest absolute Gasteiger partial charge is 0.244 e. The third kappa shape index (κ3) is 4.34. The third-order valence-corrected chi connectivity index (χ3v) is 9.41. The zero-order valence-electron chi connectivity index (χ0n) is 18.0. The van der Waals surface area contributed by atoms with E-state index in [2.05, 4.69) is 9.62 Å². The molecule has 0 aliphatic carbocycles. The number of nitrogens with zero attached hydrogens (tertiary/aromatic N) is 2. The Morgan fingerprint density at radius 3 is 2.50 bits per heavy atom. The number of amides is 1. The summed E-state index contributed by atoms with van der Waals surface area (Å²) in [6.07, 6.45) is 3.69. The number of nitrogens with one attached hydrogen (secondary N) is 1. The summed E-state index contributed by atoms with van der Waals surface area (Å²) in [5, 5.41) is 0. The molecule has 174 valence electrons. The van der Waals surface area contributed by atoms with Gasteiger partial charge < -0.3 is 4.42 Å². The van der Waals surface area contributed by atoms with Crippen LogP contribution in [0.15, 0.2) is 45.9 Å². The maximum absolute atomic E-state index is 13.1. The molecule has 9 nitrogen and oxygen atoms in total. The van der Waals surface area contributed by atoms with E-state index in [0.29, 0.717) is 11.3 Å². The third-order valence-electron chi connectivity index (χ3n) is 5.96. The number of likely N-dealkylation sites (tertiary alicyclic amines) is 1. The van der Waals surface area contributed by atoms with E-state index in [1.54, 1.807) is 26.2 Å². The second kappa shape index (κ2) is 8.62. The Bertz CT molecular complexity index is 1200. The standard InChI is InChI=1S/C21H27N3O6S2/c1-15-12-17(24-21(25)16(2)14-31(24,26)27)7-8-20(15)32(28,29)22-13-18(19-6-5-11-30-19)23-9-3-4-10-23/h5-8,11-12,16,18,22H,3-4,9-10,13-14H2,1-2H3. The first-order chi connectivity index (χ1) is 15.1. The van der Waals surface area contributed by atoms with Crippen LogP contribution in [0.4, 0.5) is 5.69 Å². The Labute approximate surface area is 188 Å². The van der Waals surface area contributed by atoms with Crippen molar-refractivity contribution in [1.82, 2.24) is 9.62 Å². The fraction of sp³-hybridized carbons (Fsp3) is 0.476. The molecule has 0 spiro atoms. The molecule has 2 fully saturated rings. The fourth-order valence-corrected chi connectivity index (χ4v) is 7.43. The lowest BCUT2D eigenvalue weighted by Crippen LogP contribution is -2.37. The molecule has 2 aliphatic rings. The lowest BCUT2D eigenvalue weighted by molar-refractivity contribution is -0.119. The topological polar surface area (TPSA) is 117 Å². The zero-order chi connectivity index (χ0) is 23.1. The molecule has 0 radical (unpaired) electrons. The van der Waals surface area contributed by atoms with Crippen LogP contribution < -0.4 is 9.03 Å². The number of anilines is 1. The molecule has 2 aliphatic heterocycles. The lowest BCUT2D eigenvalue weighted by Gasteiger charge is -2.26. The van der Waals surface area contributed by atoms with E-state index in [0.717, 1.165) is 30.2 Å². The number of rotatable bonds is 7. The lowest BCUT2D eigenvalue weighted by atomic mass is 10.2. The molecule has 0 bridgehead atoms. The number of aryl methyl sites for hydroxylation is 1. The van der Waals surface area contributed by atoms with Gasteiger partial charge in [-0.25, -0.2) is 25.9 Å². The molecule has 32 heavy (non-hydrogen) atoms. The Morgan fingerprint density at radius 2 is 1.94 bits per heavy atom. The highest BCUT2D eigenvalue weighted by Gasteiger charge is 2.42. The van der Waals surface area contributed by atoms with Gasteiger partial charge in [0.2, 0.25) is 26.0 Å². The Kier molecular flexibility index (Phi) is 6.19. The van der Waals surface area contributed by atoms with Crippen LogP contribution >= 0.6 is 0 Å². The molecule has 0 saturated carbocycles. The minimum Gasteiger partial charge on any atom is -0.468 e. The van der Waals surface area contributed by atoms with E-state index >= 15 is 0 Å². The predicted octanol–water partition coefficient (Wildman–Crippen LogP) is 2.02. The van der Waals surface area contributed by atoms with Gasteiger partial charge in [-0.3, -0.25) is 9.69 Å². The molecule has 2 unspecified atom stereocenters. The number of hydrogen-bond donors (Lipinski definition) is 1. The summed E-state index contributed by atoms with van der Waals surface area (Å²) in [7, 11) is -7.63. The van der Waals surface area contributed by atoms with Crippen molar-refractivity contribution in [3.8, 4) is 0 Å². The molecule has 2 saturated heterocycles. The van der Waals surface area contributed by atoms with E-state index < -0.39 is 31.9 Å². The van der Waals surface area contributed by atoms with Crippen LogP contribution in [0.2, 0.25) is 0 Å². The summed E-state index contributed by atoms with van der Waals surface area (Å²) >= 11 is 0. The van der Waals surface area contributed by atoms with Crippen molar-refractivity contribution in [2.24, 2.45) is 5.92 Å². The van der Waals surface area contributed by atoms with E-state index in [1.807, 2.05) is 6.07 Å². The van der Waals surface area contributed by atoms with Gasteiger partial charge in [0.25, 0.3) is 0 Å². The molecule has 1 amide bonds. The largest absolute Gasteiger partial charge is 0.468 e. The predicted molar refractivity (Wildman–Crippen MR) is 119 cm³/mol. The zero-order valence-corrected chi connectivity index (χ0v) is 19.7. The van der Waals surface area contributed by atoms with Gasteiger partial charge in [0.05, 0.1) is 34.6 Å². The van der Waals surface area contributed by atoms with Crippen molar-refractivity contribution in [2.75, 3.05) is 29.7 Å². The molecule has 11 heteroatoms. The van der Waals surface area contributed by atoms with Crippen LogP contribution in [0, 0.1) is 12.8 Å². The summed E-state index contributed by atoms with van der Waals surface area (Å²) in [4.78, 5) is 14.6.